The molecule has 1 aromatic heterocycles. The average molecular weight is 455 g/mol. The molecule has 0 bridgehead atoms. The predicted molar refractivity (Wildman–Crippen MR) is 106 cm³/mol. The summed E-state index contributed by atoms with van der Waals surface area (Å²) in [6.07, 6.45) is -0.00689. The fraction of sp³-hybridized carbons (Fsp3) is 0.381. The Bertz CT molecular complexity index is 1110. The third kappa shape index (κ3) is 4.46. The summed E-state index contributed by atoms with van der Waals surface area (Å²) < 4.78 is 55.1. The number of alkyl halides is 1. The Balaban J connectivity index is 1.85. The number of halogens is 4. The molecular weight excluding hydrogens is 434 g/mol. The van der Waals surface area contributed by atoms with Crippen LogP contribution in [-0.2, 0) is 13.1 Å². The summed E-state index contributed by atoms with van der Waals surface area (Å²) in [5.41, 5.74) is -2.62. The number of pyridine rings is 1. The zero-order chi connectivity index (χ0) is 23.7. The smallest absolute Gasteiger partial charge is 0.274 e. The number of carbonyl (C=O) groups excluding carboxylic acids is 2. The van der Waals surface area contributed by atoms with Crippen LogP contribution in [0.4, 0.5) is 17.6 Å². The van der Waals surface area contributed by atoms with Crippen molar-refractivity contribution in [2.24, 2.45) is 0 Å². The van der Waals surface area contributed by atoms with Gasteiger partial charge in [0, 0.05) is 49.6 Å². The van der Waals surface area contributed by atoms with E-state index >= 15 is 0 Å². The molecule has 2 heterocycles. The van der Waals surface area contributed by atoms with Crippen molar-refractivity contribution in [2.45, 2.75) is 45.6 Å². The maximum absolute atomic E-state index is 13.8. The quantitative estimate of drug-likeness (QED) is 0.655. The van der Waals surface area contributed by atoms with Crippen molar-refractivity contribution < 1.29 is 32.3 Å². The molecule has 0 saturated carbocycles. The minimum atomic E-state index is -1.21. The summed E-state index contributed by atoms with van der Waals surface area (Å²) >= 11 is 0. The molecule has 172 valence electrons. The zero-order valence-corrected chi connectivity index (χ0v) is 17.3. The van der Waals surface area contributed by atoms with E-state index in [0.29, 0.717) is 12.1 Å². The number of nitrogens with one attached hydrogen (secondary N) is 1. The third-order valence-corrected chi connectivity index (χ3v) is 5.28. The molecule has 0 fully saturated rings. The van der Waals surface area contributed by atoms with E-state index in [1.165, 1.54) is 16.4 Å². The first-order valence-electron chi connectivity index (χ1n) is 9.84. The molecule has 32 heavy (non-hydrogen) atoms. The molecule has 11 heteroatoms. The molecule has 2 amide bonds. The minimum Gasteiger partial charge on any atom is -0.503 e. The van der Waals surface area contributed by atoms with Crippen LogP contribution >= 0.6 is 0 Å². The summed E-state index contributed by atoms with van der Waals surface area (Å²) in [5, 5.41) is 12.5. The SMILES string of the molecule is CC(F)CC(C)N1CCn2cc(C(=O)NCc3c(F)cc(F)cc3F)c(=O)c(O)c2C1=O. The van der Waals surface area contributed by atoms with E-state index in [2.05, 4.69) is 5.32 Å². The molecule has 3 rings (SSSR count). The van der Waals surface area contributed by atoms with Crippen LogP contribution < -0.4 is 10.7 Å². The lowest BCUT2D eigenvalue weighted by Crippen LogP contribution is -2.47. The normalized spacial score (nSPS) is 15.3. The molecule has 1 aromatic carbocycles. The standard InChI is InChI=1S/C21H21F4N3O4/c1-10(22)5-11(2)28-4-3-27-9-14(18(29)19(30)17(27)21(28)32)20(31)26-8-13-15(24)6-12(23)7-16(13)25/h6-7,9-11,30H,3-5,8H2,1-2H3,(H,26,31). The number of rotatable bonds is 6. The first kappa shape index (κ1) is 23.3. The van der Waals surface area contributed by atoms with Gasteiger partial charge in [-0.25, -0.2) is 17.6 Å². The molecule has 1 aliphatic heterocycles. The van der Waals surface area contributed by atoms with Gasteiger partial charge in [0.2, 0.25) is 5.43 Å². The summed E-state index contributed by atoms with van der Waals surface area (Å²) in [5.74, 6) is -6.22. The largest absolute Gasteiger partial charge is 0.503 e. The number of benzene rings is 1. The van der Waals surface area contributed by atoms with Gasteiger partial charge in [0.1, 0.15) is 23.0 Å². The molecule has 7 nitrogen and oxygen atoms in total. The van der Waals surface area contributed by atoms with Gasteiger partial charge in [-0.1, -0.05) is 0 Å². The summed E-state index contributed by atoms with van der Waals surface area (Å²) in [7, 11) is 0. The predicted octanol–water partition coefficient (Wildman–Crippen LogP) is 2.49. The molecule has 1 aliphatic rings. The Kier molecular flexibility index (Phi) is 6.56. The van der Waals surface area contributed by atoms with E-state index in [1.54, 1.807) is 6.92 Å². The Morgan fingerprint density at radius 2 is 1.78 bits per heavy atom. The molecular formula is C21H21F4N3O4. The number of hydrogen-bond donors (Lipinski definition) is 2. The Morgan fingerprint density at radius 3 is 2.38 bits per heavy atom. The zero-order valence-electron chi connectivity index (χ0n) is 17.3. The summed E-state index contributed by atoms with van der Waals surface area (Å²) in [4.78, 5) is 39.1. The van der Waals surface area contributed by atoms with Crippen LogP contribution in [0.3, 0.4) is 0 Å². The van der Waals surface area contributed by atoms with Gasteiger partial charge < -0.3 is 19.9 Å². The van der Waals surface area contributed by atoms with Crippen molar-refractivity contribution in [3.63, 3.8) is 0 Å². The highest BCUT2D eigenvalue weighted by atomic mass is 19.1. The molecule has 2 atom stereocenters. The maximum atomic E-state index is 13.8. The van der Waals surface area contributed by atoms with Gasteiger partial charge in [0.05, 0.1) is 6.17 Å². The molecule has 2 N–H and O–H groups in total. The van der Waals surface area contributed by atoms with Crippen LogP contribution in [0.2, 0.25) is 0 Å². The number of aromatic hydroxyl groups is 1. The number of fused-ring (bicyclic) bond motifs is 1. The van der Waals surface area contributed by atoms with E-state index in [9.17, 15) is 37.1 Å². The number of amides is 2. The van der Waals surface area contributed by atoms with Crippen LogP contribution in [0.25, 0.3) is 0 Å². The first-order chi connectivity index (χ1) is 15.0. The summed E-state index contributed by atoms with van der Waals surface area (Å²) in [6.45, 7) is 2.62. The molecule has 2 unspecified atom stereocenters. The van der Waals surface area contributed by atoms with Gasteiger partial charge >= 0.3 is 0 Å². The Morgan fingerprint density at radius 1 is 1.16 bits per heavy atom. The fourth-order valence-electron chi connectivity index (χ4n) is 3.69. The Hall–Kier alpha value is -3.37. The third-order valence-electron chi connectivity index (χ3n) is 5.28. The van der Waals surface area contributed by atoms with Crippen molar-refractivity contribution in [2.75, 3.05) is 6.54 Å². The van der Waals surface area contributed by atoms with E-state index in [-0.39, 0.29) is 25.2 Å². The lowest BCUT2D eigenvalue weighted by Gasteiger charge is -2.35. The first-order valence-corrected chi connectivity index (χ1v) is 9.84. The van der Waals surface area contributed by atoms with Crippen LogP contribution in [0, 0.1) is 17.5 Å². The highest BCUT2D eigenvalue weighted by Gasteiger charge is 2.33. The van der Waals surface area contributed by atoms with Crippen LogP contribution in [0.1, 0.15) is 46.7 Å². The van der Waals surface area contributed by atoms with E-state index in [1.807, 2.05) is 0 Å². The van der Waals surface area contributed by atoms with Gasteiger partial charge in [-0.15, -0.1) is 0 Å². The highest BCUT2D eigenvalue weighted by molar-refractivity contribution is 5.99. The van der Waals surface area contributed by atoms with Crippen molar-refractivity contribution in [3.05, 3.63) is 62.8 Å². The van der Waals surface area contributed by atoms with Crippen LogP contribution in [0.15, 0.2) is 23.1 Å². The number of aromatic nitrogens is 1. The Labute approximate surface area is 180 Å². The minimum absolute atomic E-state index is 0.0771. The van der Waals surface area contributed by atoms with Gasteiger partial charge in [0.15, 0.2) is 11.4 Å². The number of carbonyl (C=O) groups is 2. The second-order valence-electron chi connectivity index (χ2n) is 7.66. The lowest BCUT2D eigenvalue weighted by molar-refractivity contribution is 0.0593. The lowest BCUT2D eigenvalue weighted by atomic mass is 10.1. The van der Waals surface area contributed by atoms with Gasteiger partial charge in [0.25, 0.3) is 11.8 Å². The van der Waals surface area contributed by atoms with Crippen LogP contribution in [0.5, 0.6) is 5.75 Å². The molecule has 0 radical (unpaired) electrons. The monoisotopic (exact) mass is 455 g/mol. The fourth-order valence-corrected chi connectivity index (χ4v) is 3.69. The second kappa shape index (κ2) is 9.01. The van der Waals surface area contributed by atoms with Crippen molar-refractivity contribution in [1.82, 2.24) is 14.8 Å². The molecule has 0 saturated heterocycles. The maximum Gasteiger partial charge on any atom is 0.274 e. The van der Waals surface area contributed by atoms with E-state index in [4.69, 9.17) is 0 Å². The molecule has 0 spiro atoms. The second-order valence-corrected chi connectivity index (χ2v) is 7.66. The van der Waals surface area contributed by atoms with E-state index in [0.717, 1.165) is 6.20 Å². The van der Waals surface area contributed by atoms with Crippen molar-refractivity contribution >= 4 is 11.8 Å². The topological polar surface area (TPSA) is 91.6 Å². The van der Waals surface area contributed by atoms with Gasteiger partial charge in [-0.3, -0.25) is 14.4 Å². The van der Waals surface area contributed by atoms with Gasteiger partial charge in [-0.05, 0) is 20.3 Å². The van der Waals surface area contributed by atoms with Crippen LogP contribution in [-0.4, -0.2) is 45.1 Å². The summed E-state index contributed by atoms with van der Waals surface area (Å²) in [6, 6.07) is 0.424. The van der Waals surface area contributed by atoms with Crippen molar-refractivity contribution in [1.29, 1.82) is 0 Å². The molecule has 2 aromatic rings. The number of nitrogens with zero attached hydrogens (tertiary/aromatic N) is 2. The van der Waals surface area contributed by atoms with Crippen molar-refractivity contribution in [3.8, 4) is 5.75 Å². The van der Waals surface area contributed by atoms with E-state index < -0.39 is 70.3 Å². The van der Waals surface area contributed by atoms with Gasteiger partial charge in [-0.2, -0.15) is 0 Å². The average Bonchev–Trinajstić information content (AvgIpc) is 2.68. The molecule has 0 aliphatic carbocycles. The number of hydrogen-bond acceptors (Lipinski definition) is 4. The highest BCUT2D eigenvalue weighted by Crippen LogP contribution is 2.23.